The molecule has 0 aliphatic carbocycles. The number of guanidine groups is 1. The summed E-state index contributed by atoms with van der Waals surface area (Å²) in [5.74, 6) is 0.968. The normalized spacial score (nSPS) is 15.0. The summed E-state index contributed by atoms with van der Waals surface area (Å²) >= 11 is 3.64. The molecule has 1 aliphatic heterocycles. The molecule has 2 aromatic rings. The smallest absolute Gasteiger partial charge is 0.198 e. The molecule has 0 aromatic heterocycles. The zero-order valence-electron chi connectivity index (χ0n) is 13.4. The lowest BCUT2D eigenvalue weighted by molar-refractivity contribution is 0.515. The zero-order chi connectivity index (χ0) is 16.1. The number of halogens is 1. The van der Waals surface area contributed by atoms with Crippen LogP contribution in [0.4, 0.5) is 5.69 Å². The Morgan fingerprint density at radius 1 is 1.13 bits per heavy atom. The number of anilines is 1. The van der Waals surface area contributed by atoms with Gasteiger partial charge >= 0.3 is 0 Å². The van der Waals surface area contributed by atoms with E-state index in [-0.39, 0.29) is 0 Å². The molecule has 120 valence electrons. The molecule has 0 bridgehead atoms. The molecule has 0 spiro atoms. The van der Waals surface area contributed by atoms with Gasteiger partial charge in [-0.2, -0.15) is 0 Å². The summed E-state index contributed by atoms with van der Waals surface area (Å²) in [5, 5.41) is 3.52. The van der Waals surface area contributed by atoms with E-state index >= 15 is 0 Å². The molecular weight excluding hydrogens is 350 g/mol. The number of aryl methyl sites for hydroxylation is 1. The van der Waals surface area contributed by atoms with E-state index in [1.165, 1.54) is 24.0 Å². The van der Waals surface area contributed by atoms with Gasteiger partial charge in [0.1, 0.15) is 0 Å². The summed E-state index contributed by atoms with van der Waals surface area (Å²) in [6.45, 7) is 4.94. The number of nitrogens with zero attached hydrogens (tertiary/aromatic N) is 2. The van der Waals surface area contributed by atoms with Gasteiger partial charge in [0.2, 0.25) is 0 Å². The molecular formula is C19H22BrN3. The molecule has 23 heavy (non-hydrogen) atoms. The summed E-state index contributed by atoms with van der Waals surface area (Å²) in [6, 6.07) is 16.7. The highest BCUT2D eigenvalue weighted by Gasteiger charge is 2.17. The van der Waals surface area contributed by atoms with Crippen LogP contribution in [0.1, 0.15) is 24.0 Å². The van der Waals surface area contributed by atoms with Gasteiger partial charge in [0, 0.05) is 17.6 Å². The minimum Gasteiger partial charge on any atom is -0.343 e. The fraction of sp³-hybridized carbons (Fsp3) is 0.316. The first kappa shape index (κ1) is 16.1. The lowest BCUT2D eigenvalue weighted by atomic mass is 10.2. The molecule has 0 atom stereocenters. The van der Waals surface area contributed by atoms with Crippen LogP contribution in [0.25, 0.3) is 0 Å². The first-order chi connectivity index (χ1) is 11.2. The van der Waals surface area contributed by atoms with Crippen molar-refractivity contribution in [3.05, 3.63) is 64.1 Å². The van der Waals surface area contributed by atoms with Gasteiger partial charge in [-0.3, -0.25) is 0 Å². The van der Waals surface area contributed by atoms with Crippen molar-refractivity contribution in [3.63, 3.8) is 0 Å². The molecule has 1 N–H and O–H groups in total. The molecule has 3 rings (SSSR count). The van der Waals surface area contributed by atoms with Crippen LogP contribution >= 0.6 is 15.9 Å². The molecule has 1 heterocycles. The molecule has 1 saturated heterocycles. The van der Waals surface area contributed by atoms with Crippen LogP contribution in [0.15, 0.2) is 58.0 Å². The van der Waals surface area contributed by atoms with E-state index in [9.17, 15) is 0 Å². The average molecular weight is 372 g/mol. The monoisotopic (exact) mass is 371 g/mol. The first-order valence-corrected chi connectivity index (χ1v) is 8.88. The summed E-state index contributed by atoms with van der Waals surface area (Å²) in [7, 11) is 0. The maximum Gasteiger partial charge on any atom is 0.198 e. The van der Waals surface area contributed by atoms with Gasteiger partial charge in [-0.25, -0.2) is 4.99 Å². The molecule has 2 aromatic carbocycles. The second kappa shape index (κ2) is 7.64. The summed E-state index contributed by atoms with van der Waals surface area (Å²) in [6.07, 6.45) is 2.47. The van der Waals surface area contributed by atoms with Crippen LogP contribution in [0.3, 0.4) is 0 Å². The zero-order valence-corrected chi connectivity index (χ0v) is 15.0. The van der Waals surface area contributed by atoms with Gasteiger partial charge in [-0.05, 0) is 59.0 Å². The van der Waals surface area contributed by atoms with Gasteiger partial charge in [-0.15, -0.1) is 0 Å². The van der Waals surface area contributed by atoms with Gasteiger partial charge in [0.15, 0.2) is 5.96 Å². The SMILES string of the molecule is Cc1ccc(NC(=NCc2ccccc2)N2CCCC2)c(Br)c1. The summed E-state index contributed by atoms with van der Waals surface area (Å²) < 4.78 is 1.07. The van der Waals surface area contributed by atoms with Crippen LogP contribution in [0.5, 0.6) is 0 Å². The van der Waals surface area contributed by atoms with Crippen LogP contribution in [0, 0.1) is 6.92 Å². The van der Waals surface area contributed by atoms with Crippen molar-refractivity contribution in [2.75, 3.05) is 18.4 Å². The Morgan fingerprint density at radius 3 is 2.57 bits per heavy atom. The molecule has 4 heteroatoms. The highest BCUT2D eigenvalue weighted by Crippen LogP contribution is 2.24. The van der Waals surface area contributed by atoms with Gasteiger partial charge in [0.05, 0.1) is 12.2 Å². The molecule has 0 saturated carbocycles. The third-order valence-electron chi connectivity index (χ3n) is 4.03. The number of hydrogen-bond acceptors (Lipinski definition) is 1. The Morgan fingerprint density at radius 2 is 1.87 bits per heavy atom. The van der Waals surface area contributed by atoms with E-state index in [2.05, 4.69) is 75.5 Å². The quantitative estimate of drug-likeness (QED) is 0.618. The molecule has 1 fully saturated rings. The fourth-order valence-corrected chi connectivity index (χ4v) is 3.33. The number of hydrogen-bond donors (Lipinski definition) is 1. The average Bonchev–Trinajstić information content (AvgIpc) is 3.08. The van der Waals surface area contributed by atoms with E-state index in [0.29, 0.717) is 6.54 Å². The standard InChI is InChI=1S/C19H22BrN3/c1-15-9-10-18(17(20)13-15)22-19(23-11-5-6-12-23)21-14-16-7-3-2-4-8-16/h2-4,7-10,13H,5-6,11-12,14H2,1H3,(H,21,22). The van der Waals surface area contributed by atoms with Crippen LogP contribution in [0.2, 0.25) is 0 Å². The first-order valence-electron chi connectivity index (χ1n) is 8.09. The Labute approximate surface area is 146 Å². The van der Waals surface area contributed by atoms with Crippen molar-refractivity contribution in [2.45, 2.75) is 26.3 Å². The molecule has 0 unspecified atom stereocenters. The van der Waals surface area contributed by atoms with E-state index in [0.717, 1.165) is 29.2 Å². The lowest BCUT2D eigenvalue weighted by Crippen LogP contribution is -2.34. The maximum atomic E-state index is 4.85. The predicted molar refractivity (Wildman–Crippen MR) is 101 cm³/mol. The third-order valence-corrected chi connectivity index (χ3v) is 4.69. The van der Waals surface area contributed by atoms with Crippen LogP contribution in [-0.4, -0.2) is 23.9 Å². The van der Waals surface area contributed by atoms with E-state index in [4.69, 9.17) is 4.99 Å². The van der Waals surface area contributed by atoms with Crippen molar-refractivity contribution in [3.8, 4) is 0 Å². The predicted octanol–water partition coefficient (Wildman–Crippen LogP) is 4.82. The van der Waals surface area contributed by atoms with E-state index in [1.807, 2.05) is 6.07 Å². The fourth-order valence-electron chi connectivity index (χ4n) is 2.74. The lowest BCUT2D eigenvalue weighted by Gasteiger charge is -2.22. The van der Waals surface area contributed by atoms with Gasteiger partial charge in [-0.1, -0.05) is 36.4 Å². The highest BCUT2D eigenvalue weighted by atomic mass is 79.9. The van der Waals surface area contributed by atoms with E-state index < -0.39 is 0 Å². The number of rotatable bonds is 3. The van der Waals surface area contributed by atoms with Crippen LogP contribution < -0.4 is 5.32 Å². The Bertz CT molecular complexity index is 676. The Balaban J connectivity index is 1.80. The Kier molecular flexibility index (Phi) is 5.34. The van der Waals surface area contributed by atoms with Crippen molar-refractivity contribution in [2.24, 2.45) is 4.99 Å². The second-order valence-corrected chi connectivity index (χ2v) is 6.78. The molecule has 0 amide bonds. The summed E-state index contributed by atoms with van der Waals surface area (Å²) in [5.41, 5.74) is 3.54. The number of benzene rings is 2. The maximum absolute atomic E-state index is 4.85. The molecule has 3 nitrogen and oxygen atoms in total. The van der Waals surface area contributed by atoms with Crippen molar-refractivity contribution >= 4 is 27.6 Å². The second-order valence-electron chi connectivity index (χ2n) is 5.93. The largest absolute Gasteiger partial charge is 0.343 e. The topological polar surface area (TPSA) is 27.6 Å². The van der Waals surface area contributed by atoms with Gasteiger partial charge < -0.3 is 10.2 Å². The summed E-state index contributed by atoms with van der Waals surface area (Å²) in [4.78, 5) is 7.19. The van der Waals surface area contributed by atoms with Crippen LogP contribution in [-0.2, 0) is 6.54 Å². The number of likely N-dealkylation sites (tertiary alicyclic amines) is 1. The Hall–Kier alpha value is -1.81. The molecule has 1 aliphatic rings. The van der Waals surface area contributed by atoms with Gasteiger partial charge in [0.25, 0.3) is 0 Å². The molecule has 0 radical (unpaired) electrons. The van der Waals surface area contributed by atoms with E-state index in [1.54, 1.807) is 0 Å². The number of nitrogens with one attached hydrogen (secondary N) is 1. The highest BCUT2D eigenvalue weighted by molar-refractivity contribution is 9.10. The minimum atomic E-state index is 0.698. The number of aliphatic imine (C=N–C) groups is 1. The van der Waals surface area contributed by atoms with Crippen molar-refractivity contribution in [1.82, 2.24) is 4.90 Å². The minimum absolute atomic E-state index is 0.698. The van der Waals surface area contributed by atoms with Crippen molar-refractivity contribution in [1.29, 1.82) is 0 Å². The third kappa shape index (κ3) is 4.35. The van der Waals surface area contributed by atoms with Crippen molar-refractivity contribution < 1.29 is 0 Å².